The maximum atomic E-state index is 4.23. The number of hydrogen-bond donors (Lipinski definition) is 1. The zero-order valence-electron chi connectivity index (χ0n) is 8.95. The van der Waals surface area contributed by atoms with Crippen molar-refractivity contribution in [2.75, 3.05) is 5.32 Å². The van der Waals surface area contributed by atoms with Crippen LogP contribution in [-0.4, -0.2) is 4.98 Å². The molecule has 0 aliphatic rings. The van der Waals surface area contributed by atoms with Gasteiger partial charge in [0, 0.05) is 17.3 Å². The lowest BCUT2D eigenvalue weighted by molar-refractivity contribution is 1.10. The summed E-state index contributed by atoms with van der Waals surface area (Å²) in [6, 6.07) is 6.42. The zero-order chi connectivity index (χ0) is 10.7. The summed E-state index contributed by atoms with van der Waals surface area (Å²) in [6.45, 7) is 5.06. The molecule has 2 nitrogen and oxygen atoms in total. The van der Waals surface area contributed by atoms with E-state index in [0.29, 0.717) is 0 Å². The molecular weight excluding hydrogens is 204 g/mol. The van der Waals surface area contributed by atoms with Crippen LogP contribution in [0.2, 0.25) is 0 Å². The van der Waals surface area contributed by atoms with E-state index in [1.54, 1.807) is 11.3 Å². The molecule has 0 amide bonds. The van der Waals surface area contributed by atoms with Gasteiger partial charge in [-0.3, -0.25) is 0 Å². The van der Waals surface area contributed by atoms with Crippen molar-refractivity contribution in [3.05, 3.63) is 45.9 Å². The fraction of sp³-hybridized carbons (Fsp3) is 0.250. The molecule has 0 fully saturated rings. The number of aromatic nitrogens is 1. The molecule has 1 aromatic carbocycles. The maximum Gasteiger partial charge on any atom is 0.112 e. The predicted octanol–water partition coefficient (Wildman–Crippen LogP) is 3.37. The molecule has 1 aromatic heterocycles. The number of rotatable bonds is 3. The minimum Gasteiger partial charge on any atom is -0.379 e. The van der Waals surface area contributed by atoms with Gasteiger partial charge < -0.3 is 5.32 Å². The molecule has 0 atom stereocenters. The third kappa shape index (κ3) is 2.57. The molecule has 0 bridgehead atoms. The quantitative estimate of drug-likeness (QED) is 0.854. The van der Waals surface area contributed by atoms with Crippen molar-refractivity contribution < 1.29 is 0 Å². The van der Waals surface area contributed by atoms with Crippen molar-refractivity contribution in [3.8, 4) is 0 Å². The van der Waals surface area contributed by atoms with Gasteiger partial charge in [0.15, 0.2) is 0 Å². The molecular formula is C12H14N2S. The minimum atomic E-state index is 0.806. The fourth-order valence-corrected chi connectivity index (χ4v) is 1.93. The van der Waals surface area contributed by atoms with Gasteiger partial charge >= 0.3 is 0 Å². The van der Waals surface area contributed by atoms with Gasteiger partial charge in [-0.15, -0.1) is 11.3 Å². The molecule has 0 radical (unpaired) electrons. The summed E-state index contributed by atoms with van der Waals surface area (Å²) >= 11 is 1.68. The van der Waals surface area contributed by atoms with Gasteiger partial charge in [-0.1, -0.05) is 6.07 Å². The summed E-state index contributed by atoms with van der Waals surface area (Å²) in [6.07, 6.45) is 1.84. The second kappa shape index (κ2) is 4.45. The van der Waals surface area contributed by atoms with Crippen LogP contribution in [-0.2, 0) is 6.54 Å². The van der Waals surface area contributed by atoms with E-state index in [1.807, 2.05) is 11.6 Å². The number of nitrogens with one attached hydrogen (secondary N) is 1. The van der Waals surface area contributed by atoms with Crippen LogP contribution in [0, 0.1) is 13.8 Å². The highest BCUT2D eigenvalue weighted by atomic mass is 32.1. The Hall–Kier alpha value is -1.35. The average molecular weight is 218 g/mol. The number of aryl methyl sites for hydroxylation is 2. The van der Waals surface area contributed by atoms with Crippen LogP contribution in [0.25, 0.3) is 0 Å². The highest BCUT2D eigenvalue weighted by Crippen LogP contribution is 2.15. The first kappa shape index (κ1) is 10.2. The Kier molecular flexibility index (Phi) is 3.02. The van der Waals surface area contributed by atoms with Crippen LogP contribution < -0.4 is 5.32 Å². The molecule has 0 aliphatic heterocycles. The Bertz CT molecular complexity index is 435. The van der Waals surface area contributed by atoms with E-state index in [4.69, 9.17) is 0 Å². The van der Waals surface area contributed by atoms with E-state index in [9.17, 15) is 0 Å². The highest BCUT2D eigenvalue weighted by Gasteiger charge is 1.97. The Balaban J connectivity index is 2.02. The molecule has 0 unspecified atom stereocenters. The normalized spacial score (nSPS) is 10.3. The molecule has 2 aromatic rings. The Morgan fingerprint density at radius 2 is 2.13 bits per heavy atom. The second-order valence-corrected chi connectivity index (χ2v) is 4.56. The third-order valence-corrected chi connectivity index (χ3v) is 3.21. The molecule has 1 heterocycles. The van der Waals surface area contributed by atoms with Crippen LogP contribution in [0.5, 0.6) is 0 Å². The molecule has 0 spiro atoms. The average Bonchev–Trinajstić information content (AvgIpc) is 2.73. The molecule has 1 N–H and O–H groups in total. The van der Waals surface area contributed by atoms with Crippen molar-refractivity contribution >= 4 is 17.0 Å². The van der Waals surface area contributed by atoms with Gasteiger partial charge in [-0.2, -0.15) is 0 Å². The SMILES string of the molecule is Cc1ccc(NCc2nccs2)cc1C. The Labute approximate surface area is 94.0 Å². The fourth-order valence-electron chi connectivity index (χ4n) is 1.37. The summed E-state index contributed by atoms with van der Waals surface area (Å²) in [4.78, 5) is 4.23. The molecule has 3 heteroatoms. The topological polar surface area (TPSA) is 24.9 Å². The van der Waals surface area contributed by atoms with E-state index in [2.05, 4.69) is 42.3 Å². The molecule has 0 saturated carbocycles. The first-order valence-electron chi connectivity index (χ1n) is 4.95. The first-order chi connectivity index (χ1) is 7.25. The van der Waals surface area contributed by atoms with Gasteiger partial charge in [-0.25, -0.2) is 4.98 Å². The molecule has 78 valence electrons. The lowest BCUT2D eigenvalue weighted by Gasteiger charge is -2.06. The van der Waals surface area contributed by atoms with E-state index < -0.39 is 0 Å². The van der Waals surface area contributed by atoms with Gasteiger partial charge in [0.05, 0.1) is 6.54 Å². The van der Waals surface area contributed by atoms with Crippen LogP contribution >= 0.6 is 11.3 Å². The highest BCUT2D eigenvalue weighted by molar-refractivity contribution is 7.09. The summed E-state index contributed by atoms with van der Waals surface area (Å²) in [5.74, 6) is 0. The maximum absolute atomic E-state index is 4.23. The lowest BCUT2D eigenvalue weighted by Crippen LogP contribution is -1.99. The van der Waals surface area contributed by atoms with Crippen molar-refractivity contribution in [3.63, 3.8) is 0 Å². The standard InChI is InChI=1S/C12H14N2S/c1-9-3-4-11(7-10(9)2)14-8-12-13-5-6-15-12/h3-7,14H,8H2,1-2H3. The zero-order valence-corrected chi connectivity index (χ0v) is 9.77. The minimum absolute atomic E-state index is 0.806. The van der Waals surface area contributed by atoms with Crippen molar-refractivity contribution in [1.29, 1.82) is 0 Å². The Morgan fingerprint density at radius 1 is 1.27 bits per heavy atom. The van der Waals surface area contributed by atoms with Gasteiger partial charge in [-0.05, 0) is 37.1 Å². The number of anilines is 1. The predicted molar refractivity (Wildman–Crippen MR) is 65.4 cm³/mol. The van der Waals surface area contributed by atoms with Crippen LogP contribution in [0.1, 0.15) is 16.1 Å². The van der Waals surface area contributed by atoms with Crippen molar-refractivity contribution in [2.45, 2.75) is 20.4 Å². The molecule has 0 aliphatic carbocycles. The Morgan fingerprint density at radius 3 is 2.80 bits per heavy atom. The smallest absolute Gasteiger partial charge is 0.112 e. The summed E-state index contributed by atoms with van der Waals surface area (Å²) in [5, 5.41) is 6.48. The first-order valence-corrected chi connectivity index (χ1v) is 5.83. The van der Waals surface area contributed by atoms with Crippen molar-refractivity contribution in [2.24, 2.45) is 0 Å². The number of nitrogens with zero attached hydrogens (tertiary/aromatic N) is 1. The van der Waals surface area contributed by atoms with E-state index in [-0.39, 0.29) is 0 Å². The van der Waals surface area contributed by atoms with E-state index in [1.165, 1.54) is 11.1 Å². The third-order valence-electron chi connectivity index (χ3n) is 2.43. The molecule has 2 rings (SSSR count). The number of benzene rings is 1. The lowest BCUT2D eigenvalue weighted by atomic mass is 10.1. The number of hydrogen-bond acceptors (Lipinski definition) is 3. The molecule has 0 saturated heterocycles. The van der Waals surface area contributed by atoms with Gasteiger partial charge in [0.1, 0.15) is 5.01 Å². The monoisotopic (exact) mass is 218 g/mol. The van der Waals surface area contributed by atoms with E-state index in [0.717, 1.165) is 17.2 Å². The van der Waals surface area contributed by atoms with Crippen LogP contribution in [0.15, 0.2) is 29.8 Å². The largest absolute Gasteiger partial charge is 0.379 e. The van der Waals surface area contributed by atoms with Crippen LogP contribution in [0.4, 0.5) is 5.69 Å². The second-order valence-electron chi connectivity index (χ2n) is 3.58. The summed E-state index contributed by atoms with van der Waals surface area (Å²) < 4.78 is 0. The van der Waals surface area contributed by atoms with Crippen LogP contribution in [0.3, 0.4) is 0 Å². The van der Waals surface area contributed by atoms with Gasteiger partial charge in [0.25, 0.3) is 0 Å². The summed E-state index contributed by atoms with van der Waals surface area (Å²) in [7, 11) is 0. The van der Waals surface area contributed by atoms with Gasteiger partial charge in [0.2, 0.25) is 0 Å². The van der Waals surface area contributed by atoms with E-state index >= 15 is 0 Å². The van der Waals surface area contributed by atoms with Crippen molar-refractivity contribution in [1.82, 2.24) is 4.98 Å². The summed E-state index contributed by atoms with van der Waals surface area (Å²) in [5.41, 5.74) is 3.81. The molecule has 15 heavy (non-hydrogen) atoms. The number of thiazole rings is 1.